The van der Waals surface area contributed by atoms with Gasteiger partial charge in [-0.2, -0.15) is 0 Å². The third-order valence-corrected chi connectivity index (χ3v) is 3.21. The molecule has 0 radical (unpaired) electrons. The van der Waals surface area contributed by atoms with Gasteiger partial charge in [0.15, 0.2) is 0 Å². The number of benzene rings is 2. The Morgan fingerprint density at radius 1 is 1.24 bits per heavy atom. The molecule has 5 heteroatoms. The van der Waals surface area contributed by atoms with Crippen molar-refractivity contribution in [2.45, 2.75) is 19.5 Å². The van der Waals surface area contributed by atoms with Gasteiger partial charge in [-0.25, -0.2) is 4.39 Å². The summed E-state index contributed by atoms with van der Waals surface area (Å²) in [5.74, 6) is -1.22. The molecule has 3 N–H and O–H groups in total. The van der Waals surface area contributed by atoms with Crippen LogP contribution in [-0.4, -0.2) is 16.2 Å². The van der Waals surface area contributed by atoms with E-state index in [1.54, 1.807) is 31.2 Å². The number of hydrogen-bond acceptors (Lipinski definition) is 3. The highest BCUT2D eigenvalue weighted by atomic mass is 19.1. The molecule has 0 fully saturated rings. The van der Waals surface area contributed by atoms with Gasteiger partial charge in [-0.15, -0.1) is 0 Å². The zero-order valence-corrected chi connectivity index (χ0v) is 11.5. The number of carboxylic acids is 1. The molecule has 0 aliphatic heterocycles. The maximum absolute atomic E-state index is 13.2. The number of rotatable bonds is 5. The summed E-state index contributed by atoms with van der Waals surface area (Å²) in [5.41, 5.74) is 1.86. The molecule has 110 valence electrons. The Hall–Kier alpha value is -2.40. The van der Waals surface area contributed by atoms with Gasteiger partial charge < -0.3 is 10.2 Å². The molecular formula is C16H16FNO3. The van der Waals surface area contributed by atoms with Crippen molar-refractivity contribution in [2.24, 2.45) is 0 Å². The molecule has 0 aliphatic carbocycles. The molecule has 0 saturated heterocycles. The van der Waals surface area contributed by atoms with Crippen molar-refractivity contribution in [3.63, 3.8) is 0 Å². The van der Waals surface area contributed by atoms with Crippen molar-refractivity contribution in [3.05, 3.63) is 65.0 Å². The first-order valence-electron chi connectivity index (χ1n) is 6.47. The molecule has 0 unspecified atom stereocenters. The summed E-state index contributed by atoms with van der Waals surface area (Å²) in [6.45, 7) is 1.96. The zero-order valence-electron chi connectivity index (χ0n) is 11.5. The van der Waals surface area contributed by atoms with E-state index in [4.69, 9.17) is 0 Å². The second-order valence-electron chi connectivity index (χ2n) is 4.83. The van der Waals surface area contributed by atoms with Crippen molar-refractivity contribution in [1.29, 1.82) is 0 Å². The van der Waals surface area contributed by atoms with Crippen LogP contribution in [0.1, 0.15) is 22.7 Å². The van der Waals surface area contributed by atoms with Gasteiger partial charge in [0, 0.05) is 6.54 Å². The van der Waals surface area contributed by atoms with Crippen LogP contribution in [0.5, 0.6) is 5.75 Å². The third-order valence-electron chi connectivity index (χ3n) is 3.21. The van der Waals surface area contributed by atoms with Crippen LogP contribution in [0.15, 0.2) is 42.5 Å². The van der Waals surface area contributed by atoms with E-state index in [-0.39, 0.29) is 11.6 Å². The van der Waals surface area contributed by atoms with Gasteiger partial charge in [0.25, 0.3) is 0 Å². The highest BCUT2D eigenvalue weighted by molar-refractivity contribution is 5.75. The number of carboxylic acid groups (broad SMARTS) is 1. The lowest BCUT2D eigenvalue weighted by Gasteiger charge is -2.15. The van der Waals surface area contributed by atoms with E-state index in [0.717, 1.165) is 5.56 Å². The van der Waals surface area contributed by atoms with Crippen LogP contribution in [0.2, 0.25) is 0 Å². The third kappa shape index (κ3) is 3.79. The first-order chi connectivity index (χ1) is 9.97. The average molecular weight is 289 g/mol. The molecule has 0 aromatic heterocycles. The standard InChI is InChI=1S/C16H16FNO3/c1-10-8-11(2-7-14(10)17)9-18-15(16(20)21)12-3-5-13(19)6-4-12/h2-8,15,18-19H,9H2,1H3,(H,20,21)/t15-/m1/s1. The molecule has 1 atom stereocenters. The van der Waals surface area contributed by atoms with Crippen LogP contribution < -0.4 is 5.32 Å². The van der Waals surface area contributed by atoms with Crippen molar-refractivity contribution in [1.82, 2.24) is 5.32 Å². The Morgan fingerprint density at radius 2 is 1.90 bits per heavy atom. The Balaban J connectivity index is 2.11. The van der Waals surface area contributed by atoms with Gasteiger partial charge >= 0.3 is 5.97 Å². The number of nitrogens with one attached hydrogen (secondary N) is 1. The molecule has 21 heavy (non-hydrogen) atoms. The molecule has 2 aromatic rings. The predicted octanol–water partition coefficient (Wildman–Crippen LogP) is 2.76. The molecule has 0 heterocycles. The van der Waals surface area contributed by atoms with Crippen LogP contribution >= 0.6 is 0 Å². The lowest BCUT2D eigenvalue weighted by Crippen LogP contribution is -2.28. The molecule has 0 aliphatic rings. The number of aryl methyl sites for hydroxylation is 1. The molecule has 2 rings (SSSR count). The summed E-state index contributed by atoms with van der Waals surface area (Å²) >= 11 is 0. The van der Waals surface area contributed by atoms with Crippen LogP contribution in [0.25, 0.3) is 0 Å². The van der Waals surface area contributed by atoms with Crippen LogP contribution in [0.4, 0.5) is 4.39 Å². The number of hydrogen-bond donors (Lipinski definition) is 3. The minimum absolute atomic E-state index is 0.0806. The summed E-state index contributed by atoms with van der Waals surface area (Å²) in [7, 11) is 0. The second-order valence-corrected chi connectivity index (χ2v) is 4.83. The van der Waals surface area contributed by atoms with E-state index < -0.39 is 12.0 Å². The van der Waals surface area contributed by atoms with Crippen molar-refractivity contribution in [3.8, 4) is 5.75 Å². The topological polar surface area (TPSA) is 69.6 Å². The van der Waals surface area contributed by atoms with Crippen molar-refractivity contribution >= 4 is 5.97 Å². The predicted molar refractivity (Wildman–Crippen MR) is 76.5 cm³/mol. The Morgan fingerprint density at radius 3 is 2.48 bits per heavy atom. The van der Waals surface area contributed by atoms with Crippen molar-refractivity contribution < 1.29 is 19.4 Å². The minimum atomic E-state index is -1.01. The summed E-state index contributed by atoms with van der Waals surface area (Å²) < 4.78 is 13.2. The van der Waals surface area contributed by atoms with E-state index in [1.807, 2.05) is 0 Å². The molecule has 0 amide bonds. The van der Waals surface area contributed by atoms with Crippen LogP contribution in [0, 0.1) is 12.7 Å². The first-order valence-corrected chi connectivity index (χ1v) is 6.47. The average Bonchev–Trinajstić information content (AvgIpc) is 2.44. The molecular weight excluding hydrogens is 273 g/mol. The fraction of sp³-hybridized carbons (Fsp3) is 0.188. The molecule has 0 spiro atoms. The van der Waals surface area contributed by atoms with Gasteiger partial charge in [-0.1, -0.05) is 24.3 Å². The number of aromatic hydroxyl groups is 1. The maximum atomic E-state index is 13.2. The number of carbonyl (C=O) groups is 1. The van der Waals surface area contributed by atoms with Gasteiger partial charge in [0.05, 0.1) is 0 Å². The summed E-state index contributed by atoms with van der Waals surface area (Å²) in [4.78, 5) is 11.3. The highest BCUT2D eigenvalue weighted by Crippen LogP contribution is 2.18. The smallest absolute Gasteiger partial charge is 0.325 e. The lowest BCUT2D eigenvalue weighted by atomic mass is 10.1. The van der Waals surface area contributed by atoms with Crippen LogP contribution in [0.3, 0.4) is 0 Å². The molecule has 4 nitrogen and oxygen atoms in total. The summed E-state index contributed by atoms with van der Waals surface area (Å²) in [5, 5.41) is 21.4. The lowest BCUT2D eigenvalue weighted by molar-refractivity contribution is -0.139. The van der Waals surface area contributed by atoms with Gasteiger partial charge in [0.1, 0.15) is 17.6 Å². The summed E-state index contributed by atoms with van der Waals surface area (Å²) in [6, 6.07) is 9.75. The Labute approximate surface area is 121 Å². The summed E-state index contributed by atoms with van der Waals surface area (Å²) in [6.07, 6.45) is 0. The number of phenols is 1. The molecule has 0 saturated carbocycles. The highest BCUT2D eigenvalue weighted by Gasteiger charge is 2.19. The molecule has 2 aromatic carbocycles. The normalized spacial score (nSPS) is 12.1. The Bertz CT molecular complexity index is 640. The van der Waals surface area contributed by atoms with Gasteiger partial charge in [0.2, 0.25) is 0 Å². The van der Waals surface area contributed by atoms with Crippen LogP contribution in [-0.2, 0) is 11.3 Å². The van der Waals surface area contributed by atoms with E-state index in [0.29, 0.717) is 17.7 Å². The van der Waals surface area contributed by atoms with E-state index in [2.05, 4.69) is 5.32 Å². The fourth-order valence-electron chi connectivity index (χ4n) is 2.05. The fourth-order valence-corrected chi connectivity index (χ4v) is 2.05. The van der Waals surface area contributed by atoms with Gasteiger partial charge in [-0.3, -0.25) is 10.1 Å². The first kappa shape index (κ1) is 15.0. The second kappa shape index (κ2) is 6.37. The molecule has 0 bridgehead atoms. The SMILES string of the molecule is Cc1cc(CN[C@@H](C(=O)O)c2ccc(O)cc2)ccc1F. The zero-order chi connectivity index (χ0) is 15.4. The van der Waals surface area contributed by atoms with E-state index in [1.165, 1.54) is 18.2 Å². The largest absolute Gasteiger partial charge is 0.508 e. The monoisotopic (exact) mass is 289 g/mol. The quantitative estimate of drug-likeness (QED) is 0.791. The van der Waals surface area contributed by atoms with Crippen molar-refractivity contribution in [2.75, 3.05) is 0 Å². The minimum Gasteiger partial charge on any atom is -0.508 e. The maximum Gasteiger partial charge on any atom is 0.325 e. The van der Waals surface area contributed by atoms with E-state index >= 15 is 0 Å². The number of aliphatic carboxylic acids is 1. The number of halogens is 1. The Kier molecular flexibility index (Phi) is 4.55. The number of phenolic OH excluding ortho intramolecular Hbond substituents is 1. The van der Waals surface area contributed by atoms with Gasteiger partial charge in [-0.05, 0) is 41.8 Å². The van der Waals surface area contributed by atoms with E-state index in [9.17, 15) is 19.4 Å².